The number of carbonyl (C=O) groups is 1. The largest absolute Gasteiger partial charge is 0.481 e. The molecule has 0 aliphatic heterocycles. The van der Waals surface area contributed by atoms with E-state index in [4.69, 9.17) is 13.4 Å². The van der Waals surface area contributed by atoms with Crippen LogP contribution in [-0.4, -0.2) is 36.7 Å². The van der Waals surface area contributed by atoms with Crippen molar-refractivity contribution in [3.8, 4) is 22.9 Å². The molecule has 0 saturated heterocycles. The van der Waals surface area contributed by atoms with Crippen molar-refractivity contribution < 1.29 is 26.7 Å². The number of para-hydroxylation sites is 1. The van der Waals surface area contributed by atoms with Crippen LogP contribution in [0.1, 0.15) is 5.69 Å². The number of amides is 2. The van der Waals surface area contributed by atoms with E-state index in [1.807, 2.05) is 0 Å². The fourth-order valence-corrected chi connectivity index (χ4v) is 2.88. The van der Waals surface area contributed by atoms with Gasteiger partial charge in [-0.3, -0.25) is 5.32 Å². The minimum atomic E-state index is -4.50. The highest BCUT2D eigenvalue weighted by Gasteiger charge is 2.20. The van der Waals surface area contributed by atoms with Gasteiger partial charge in [0.25, 0.3) is 0 Å². The molecule has 0 unspecified atom stereocenters. The van der Waals surface area contributed by atoms with Gasteiger partial charge in [-0.2, -0.15) is 13.4 Å². The van der Waals surface area contributed by atoms with Gasteiger partial charge in [0.15, 0.2) is 5.75 Å². The van der Waals surface area contributed by atoms with E-state index >= 15 is 0 Å². The second-order valence-electron chi connectivity index (χ2n) is 5.35. The van der Waals surface area contributed by atoms with Crippen molar-refractivity contribution in [2.75, 3.05) is 12.4 Å². The standard InChI is InChI=1S/C16H15N5O6S/c1-10-9-14(25-2)18-15(17-10)19-16(22)21-28(23,24)27-13-6-4-3-5-11(13)12-7-8-26-20-12/h3-9H,1-2H3,(H2,17,18,19,21,22). The number of aryl methyl sites for hydroxylation is 1. The lowest BCUT2D eigenvalue weighted by atomic mass is 10.1. The molecule has 0 spiro atoms. The fraction of sp³-hybridized carbons (Fsp3) is 0.125. The van der Waals surface area contributed by atoms with Crippen LogP contribution >= 0.6 is 0 Å². The number of aromatic nitrogens is 3. The molecule has 0 radical (unpaired) electrons. The van der Waals surface area contributed by atoms with Crippen molar-refractivity contribution in [3.05, 3.63) is 48.4 Å². The quantitative estimate of drug-likeness (QED) is 0.627. The molecule has 0 aliphatic rings. The maximum Gasteiger partial charge on any atom is 0.411 e. The Balaban J connectivity index is 1.73. The van der Waals surface area contributed by atoms with Crippen LogP contribution in [0.3, 0.4) is 0 Å². The third-order valence-electron chi connectivity index (χ3n) is 3.28. The molecule has 2 aromatic heterocycles. The number of rotatable bonds is 6. The zero-order valence-electron chi connectivity index (χ0n) is 14.7. The SMILES string of the molecule is COc1cc(C)nc(NC(=O)NS(=O)(=O)Oc2ccccc2-c2ccon2)n1. The molecule has 146 valence electrons. The van der Waals surface area contributed by atoms with Gasteiger partial charge >= 0.3 is 16.3 Å². The Morgan fingerprint density at radius 2 is 1.96 bits per heavy atom. The van der Waals surface area contributed by atoms with Crippen molar-refractivity contribution in [3.63, 3.8) is 0 Å². The third-order valence-corrected chi connectivity index (χ3v) is 4.12. The molecule has 0 fully saturated rings. The summed E-state index contributed by atoms with van der Waals surface area (Å²) in [6.45, 7) is 1.66. The van der Waals surface area contributed by atoms with Crippen LogP contribution in [0.5, 0.6) is 11.6 Å². The number of nitrogens with zero attached hydrogens (tertiary/aromatic N) is 3. The molecule has 0 aliphatic carbocycles. The summed E-state index contributed by atoms with van der Waals surface area (Å²) < 4.78 is 40.8. The first-order chi connectivity index (χ1) is 13.4. The summed E-state index contributed by atoms with van der Waals surface area (Å²) in [4.78, 5) is 19.9. The van der Waals surface area contributed by atoms with Crippen LogP contribution in [0.15, 0.2) is 47.2 Å². The maximum atomic E-state index is 12.2. The maximum absolute atomic E-state index is 12.2. The lowest BCUT2D eigenvalue weighted by Gasteiger charge is -2.11. The first-order valence-electron chi connectivity index (χ1n) is 7.79. The number of urea groups is 1. The molecule has 2 amide bonds. The monoisotopic (exact) mass is 405 g/mol. The molecule has 2 heterocycles. The van der Waals surface area contributed by atoms with E-state index in [2.05, 4.69) is 20.4 Å². The predicted molar refractivity (Wildman–Crippen MR) is 97.0 cm³/mol. The first-order valence-corrected chi connectivity index (χ1v) is 9.20. The van der Waals surface area contributed by atoms with E-state index < -0.39 is 16.3 Å². The molecule has 0 bridgehead atoms. The average Bonchev–Trinajstić information content (AvgIpc) is 3.15. The number of hydrogen-bond acceptors (Lipinski definition) is 9. The minimum Gasteiger partial charge on any atom is -0.481 e. The van der Waals surface area contributed by atoms with E-state index in [-0.39, 0.29) is 17.6 Å². The van der Waals surface area contributed by atoms with Gasteiger partial charge in [0.2, 0.25) is 11.8 Å². The van der Waals surface area contributed by atoms with E-state index in [1.54, 1.807) is 35.9 Å². The summed E-state index contributed by atoms with van der Waals surface area (Å²) in [5, 5.41) is 5.94. The smallest absolute Gasteiger partial charge is 0.411 e. The number of nitrogens with one attached hydrogen (secondary N) is 2. The van der Waals surface area contributed by atoms with E-state index in [0.29, 0.717) is 17.0 Å². The molecule has 28 heavy (non-hydrogen) atoms. The molecule has 3 rings (SSSR count). The normalized spacial score (nSPS) is 10.9. The van der Waals surface area contributed by atoms with Gasteiger partial charge in [-0.05, 0) is 19.1 Å². The topological polar surface area (TPSA) is 146 Å². The molecule has 2 N–H and O–H groups in total. The fourth-order valence-electron chi connectivity index (χ4n) is 2.18. The predicted octanol–water partition coefficient (Wildman–Crippen LogP) is 1.89. The molecule has 0 saturated carbocycles. The first kappa shape index (κ1) is 19.1. The van der Waals surface area contributed by atoms with Crippen molar-refractivity contribution in [1.29, 1.82) is 0 Å². The van der Waals surface area contributed by atoms with Crippen LogP contribution < -0.4 is 19.0 Å². The van der Waals surface area contributed by atoms with Crippen molar-refractivity contribution >= 4 is 22.3 Å². The van der Waals surface area contributed by atoms with E-state index in [0.717, 1.165) is 0 Å². The Morgan fingerprint density at radius 3 is 2.68 bits per heavy atom. The van der Waals surface area contributed by atoms with Crippen LogP contribution in [-0.2, 0) is 10.3 Å². The summed E-state index contributed by atoms with van der Waals surface area (Å²) >= 11 is 0. The Bertz CT molecular complexity index is 1080. The minimum absolute atomic E-state index is 0.0369. The molecule has 1 aromatic carbocycles. The van der Waals surface area contributed by atoms with Crippen molar-refractivity contribution in [1.82, 2.24) is 19.8 Å². The average molecular weight is 405 g/mol. The summed E-state index contributed by atoms with van der Waals surface area (Å²) in [6, 6.07) is 8.23. The zero-order valence-corrected chi connectivity index (χ0v) is 15.6. The number of ether oxygens (including phenoxy) is 1. The van der Waals surface area contributed by atoms with Gasteiger partial charge < -0.3 is 13.4 Å². The molecule has 3 aromatic rings. The summed E-state index contributed by atoms with van der Waals surface area (Å²) in [5.41, 5.74) is 1.26. The highest BCUT2D eigenvalue weighted by atomic mass is 32.2. The number of anilines is 1. The summed E-state index contributed by atoms with van der Waals surface area (Å²) in [6.07, 6.45) is 1.34. The molecule has 11 nitrogen and oxygen atoms in total. The van der Waals surface area contributed by atoms with E-state index in [1.165, 1.54) is 25.5 Å². The van der Waals surface area contributed by atoms with Crippen LogP contribution in [0.2, 0.25) is 0 Å². The number of benzene rings is 1. The lowest BCUT2D eigenvalue weighted by Crippen LogP contribution is -2.37. The zero-order chi connectivity index (χ0) is 20.1. The summed E-state index contributed by atoms with van der Waals surface area (Å²) in [7, 11) is -3.10. The van der Waals surface area contributed by atoms with Gasteiger partial charge in [-0.1, -0.05) is 17.3 Å². The third kappa shape index (κ3) is 4.73. The van der Waals surface area contributed by atoms with Crippen molar-refractivity contribution in [2.24, 2.45) is 0 Å². The highest BCUT2D eigenvalue weighted by Crippen LogP contribution is 2.29. The second kappa shape index (κ2) is 7.92. The van der Waals surface area contributed by atoms with Crippen LogP contribution in [0.4, 0.5) is 10.7 Å². The van der Waals surface area contributed by atoms with E-state index in [9.17, 15) is 13.2 Å². The van der Waals surface area contributed by atoms with Gasteiger partial charge in [0.05, 0.1) is 7.11 Å². The second-order valence-corrected chi connectivity index (χ2v) is 6.63. The van der Waals surface area contributed by atoms with Crippen LogP contribution in [0, 0.1) is 6.92 Å². The van der Waals surface area contributed by atoms with Gasteiger partial charge in [-0.25, -0.2) is 14.5 Å². The molecule has 0 atom stereocenters. The van der Waals surface area contributed by atoms with Gasteiger partial charge in [0.1, 0.15) is 12.0 Å². The van der Waals surface area contributed by atoms with Crippen molar-refractivity contribution in [2.45, 2.75) is 6.92 Å². The number of methoxy groups -OCH3 is 1. The highest BCUT2D eigenvalue weighted by molar-refractivity contribution is 7.85. The summed E-state index contributed by atoms with van der Waals surface area (Å²) in [5.74, 6) is 0.0427. The Labute approximate surface area is 160 Å². The molecule has 12 heteroatoms. The lowest BCUT2D eigenvalue weighted by molar-refractivity contribution is 0.255. The molecular formula is C16H15N5O6S. The van der Waals surface area contributed by atoms with Crippen LogP contribution in [0.25, 0.3) is 11.3 Å². The Morgan fingerprint density at radius 1 is 1.18 bits per heavy atom. The Kier molecular flexibility index (Phi) is 5.40. The van der Waals surface area contributed by atoms with Gasteiger partial charge in [0, 0.05) is 23.4 Å². The Hall–Kier alpha value is -3.67. The number of carbonyl (C=O) groups excluding carboxylic acids is 1. The number of hydrogen-bond donors (Lipinski definition) is 2. The molecular weight excluding hydrogens is 390 g/mol. The van der Waals surface area contributed by atoms with Gasteiger partial charge in [-0.15, -0.1) is 0 Å².